The van der Waals surface area contributed by atoms with E-state index in [-0.39, 0.29) is 17.7 Å². The first-order valence-electron chi connectivity index (χ1n) is 6.10. The molecule has 1 aromatic carbocycles. The van der Waals surface area contributed by atoms with E-state index in [1.54, 1.807) is 7.11 Å². The molecular weight excluding hydrogens is 250 g/mol. The average Bonchev–Trinajstić information content (AvgIpc) is 2.68. The molecule has 2 atom stereocenters. The van der Waals surface area contributed by atoms with E-state index in [4.69, 9.17) is 10.5 Å². The number of benzene rings is 1. The van der Waals surface area contributed by atoms with Crippen LogP contribution in [0.1, 0.15) is 24.4 Å². The first kappa shape index (κ1) is 13.4. The van der Waals surface area contributed by atoms with E-state index in [0.717, 1.165) is 24.2 Å². The van der Waals surface area contributed by atoms with Crippen LogP contribution in [0.25, 0.3) is 0 Å². The molecule has 1 saturated heterocycles. The Bertz CT molecular complexity index is 495. The van der Waals surface area contributed by atoms with Gasteiger partial charge in [-0.2, -0.15) is 0 Å². The summed E-state index contributed by atoms with van der Waals surface area (Å²) in [7, 11) is -1.19. The zero-order valence-corrected chi connectivity index (χ0v) is 11.3. The molecule has 1 fully saturated rings. The van der Waals surface area contributed by atoms with E-state index in [2.05, 4.69) is 0 Å². The maximum atomic E-state index is 11.4. The third kappa shape index (κ3) is 3.23. The molecule has 4 nitrogen and oxygen atoms in total. The summed E-state index contributed by atoms with van der Waals surface area (Å²) in [6.07, 6.45) is 1.47. The molecule has 100 valence electrons. The summed E-state index contributed by atoms with van der Waals surface area (Å²) in [4.78, 5) is 0. The van der Waals surface area contributed by atoms with Crippen LogP contribution in [-0.4, -0.2) is 27.0 Å². The fourth-order valence-corrected chi connectivity index (χ4v) is 4.28. The predicted octanol–water partition coefficient (Wildman–Crippen LogP) is 1.52. The van der Waals surface area contributed by atoms with Crippen molar-refractivity contribution >= 4 is 9.84 Å². The Labute approximate surface area is 108 Å². The molecule has 2 N–H and O–H groups in total. The van der Waals surface area contributed by atoms with Gasteiger partial charge >= 0.3 is 0 Å². The van der Waals surface area contributed by atoms with Gasteiger partial charge in [0.25, 0.3) is 0 Å². The summed E-state index contributed by atoms with van der Waals surface area (Å²) in [6.45, 7) is 0. The van der Waals surface area contributed by atoms with E-state index in [1.807, 2.05) is 24.3 Å². The lowest BCUT2D eigenvalue weighted by Gasteiger charge is -2.16. The molecule has 2 rings (SSSR count). The lowest BCUT2D eigenvalue weighted by atomic mass is 9.95. The van der Waals surface area contributed by atoms with Crippen LogP contribution in [0.4, 0.5) is 0 Å². The largest absolute Gasteiger partial charge is 0.497 e. The molecule has 0 amide bonds. The second-order valence-electron chi connectivity index (χ2n) is 4.88. The van der Waals surface area contributed by atoms with Gasteiger partial charge in [0.2, 0.25) is 0 Å². The van der Waals surface area contributed by atoms with Crippen LogP contribution < -0.4 is 10.5 Å². The van der Waals surface area contributed by atoms with E-state index >= 15 is 0 Å². The Morgan fingerprint density at radius 3 is 2.56 bits per heavy atom. The molecule has 0 aromatic heterocycles. The molecule has 0 aliphatic carbocycles. The minimum absolute atomic E-state index is 0.103. The van der Waals surface area contributed by atoms with Gasteiger partial charge in [-0.3, -0.25) is 0 Å². The third-order valence-electron chi connectivity index (χ3n) is 3.46. The van der Waals surface area contributed by atoms with Crippen LogP contribution >= 0.6 is 0 Å². The Morgan fingerprint density at radius 1 is 1.39 bits per heavy atom. The highest BCUT2D eigenvalue weighted by molar-refractivity contribution is 7.91. The van der Waals surface area contributed by atoms with Crippen molar-refractivity contribution in [1.29, 1.82) is 0 Å². The minimum atomic E-state index is -2.81. The van der Waals surface area contributed by atoms with Gasteiger partial charge in [0.1, 0.15) is 5.75 Å². The number of ether oxygens (including phenoxy) is 1. The number of methoxy groups -OCH3 is 1. The van der Waals surface area contributed by atoms with Gasteiger partial charge in [-0.25, -0.2) is 8.42 Å². The zero-order valence-electron chi connectivity index (χ0n) is 10.5. The lowest BCUT2D eigenvalue weighted by Crippen LogP contribution is -2.16. The highest BCUT2D eigenvalue weighted by Crippen LogP contribution is 2.28. The number of rotatable bonds is 4. The number of hydrogen-bond donors (Lipinski definition) is 1. The molecule has 1 aliphatic rings. The fourth-order valence-electron chi connectivity index (χ4n) is 2.40. The van der Waals surface area contributed by atoms with Crippen molar-refractivity contribution in [2.24, 2.45) is 11.7 Å². The Morgan fingerprint density at radius 2 is 2.06 bits per heavy atom. The monoisotopic (exact) mass is 269 g/mol. The van der Waals surface area contributed by atoms with Crippen LogP contribution in [-0.2, 0) is 9.84 Å². The zero-order chi connectivity index (χ0) is 13.2. The van der Waals surface area contributed by atoms with Crippen LogP contribution in [0.2, 0.25) is 0 Å². The topological polar surface area (TPSA) is 69.4 Å². The SMILES string of the molecule is COc1ccc(C(N)CC2CCS(=O)(=O)C2)cc1. The summed E-state index contributed by atoms with van der Waals surface area (Å²) in [5.74, 6) is 1.60. The summed E-state index contributed by atoms with van der Waals surface area (Å²) >= 11 is 0. The standard InChI is InChI=1S/C13H19NO3S/c1-17-12-4-2-11(3-5-12)13(14)8-10-6-7-18(15,16)9-10/h2-5,10,13H,6-9,14H2,1H3. The number of hydrogen-bond acceptors (Lipinski definition) is 4. The first-order chi connectivity index (χ1) is 8.50. The molecule has 2 unspecified atom stereocenters. The molecule has 1 aliphatic heterocycles. The molecule has 0 spiro atoms. The molecule has 0 saturated carbocycles. The normalized spacial score (nSPS) is 23.8. The lowest BCUT2D eigenvalue weighted by molar-refractivity contribution is 0.414. The van der Waals surface area contributed by atoms with Gasteiger partial charge in [-0.1, -0.05) is 12.1 Å². The summed E-state index contributed by atoms with van der Waals surface area (Å²) in [5.41, 5.74) is 7.15. The molecule has 1 heterocycles. The Kier molecular flexibility index (Phi) is 3.92. The molecule has 1 aromatic rings. The smallest absolute Gasteiger partial charge is 0.150 e. The molecule has 18 heavy (non-hydrogen) atoms. The highest BCUT2D eigenvalue weighted by atomic mass is 32.2. The highest BCUT2D eigenvalue weighted by Gasteiger charge is 2.29. The van der Waals surface area contributed by atoms with Gasteiger partial charge in [0.15, 0.2) is 9.84 Å². The van der Waals surface area contributed by atoms with Crippen molar-refractivity contribution in [2.75, 3.05) is 18.6 Å². The maximum Gasteiger partial charge on any atom is 0.150 e. The van der Waals surface area contributed by atoms with Gasteiger partial charge in [0, 0.05) is 6.04 Å². The van der Waals surface area contributed by atoms with Crippen LogP contribution in [0.15, 0.2) is 24.3 Å². The van der Waals surface area contributed by atoms with E-state index in [1.165, 1.54) is 0 Å². The first-order valence-corrected chi connectivity index (χ1v) is 7.92. The van der Waals surface area contributed by atoms with Crippen molar-refractivity contribution in [2.45, 2.75) is 18.9 Å². The van der Waals surface area contributed by atoms with Gasteiger partial charge in [0.05, 0.1) is 18.6 Å². The van der Waals surface area contributed by atoms with Crippen LogP contribution in [0, 0.1) is 5.92 Å². The molecule has 0 radical (unpaired) electrons. The summed E-state index contributed by atoms with van der Waals surface area (Å²) in [6, 6.07) is 7.52. The fraction of sp³-hybridized carbons (Fsp3) is 0.538. The molecule has 5 heteroatoms. The summed E-state index contributed by atoms with van der Waals surface area (Å²) < 4.78 is 27.9. The average molecular weight is 269 g/mol. The second kappa shape index (κ2) is 5.28. The Balaban J connectivity index is 1.97. The molecular formula is C13H19NO3S. The van der Waals surface area contributed by atoms with Crippen molar-refractivity contribution in [3.05, 3.63) is 29.8 Å². The quantitative estimate of drug-likeness (QED) is 0.899. The molecule has 0 bridgehead atoms. The van der Waals surface area contributed by atoms with E-state index in [0.29, 0.717) is 5.75 Å². The predicted molar refractivity (Wildman–Crippen MR) is 71.3 cm³/mol. The van der Waals surface area contributed by atoms with Gasteiger partial charge < -0.3 is 10.5 Å². The second-order valence-corrected chi connectivity index (χ2v) is 7.11. The Hall–Kier alpha value is -1.07. The van der Waals surface area contributed by atoms with E-state index in [9.17, 15) is 8.42 Å². The van der Waals surface area contributed by atoms with Crippen LogP contribution in [0.5, 0.6) is 5.75 Å². The minimum Gasteiger partial charge on any atom is -0.497 e. The maximum absolute atomic E-state index is 11.4. The third-order valence-corrected chi connectivity index (χ3v) is 5.29. The number of sulfone groups is 1. The van der Waals surface area contributed by atoms with Gasteiger partial charge in [-0.15, -0.1) is 0 Å². The van der Waals surface area contributed by atoms with Gasteiger partial charge in [-0.05, 0) is 36.5 Å². The van der Waals surface area contributed by atoms with Crippen LogP contribution in [0.3, 0.4) is 0 Å². The summed E-state index contributed by atoms with van der Waals surface area (Å²) in [5, 5.41) is 0. The van der Waals surface area contributed by atoms with Crippen molar-refractivity contribution in [1.82, 2.24) is 0 Å². The van der Waals surface area contributed by atoms with Crippen molar-refractivity contribution in [3.8, 4) is 5.75 Å². The van der Waals surface area contributed by atoms with Crippen molar-refractivity contribution in [3.63, 3.8) is 0 Å². The van der Waals surface area contributed by atoms with E-state index < -0.39 is 9.84 Å². The van der Waals surface area contributed by atoms with Crippen molar-refractivity contribution < 1.29 is 13.2 Å². The number of nitrogens with two attached hydrogens (primary N) is 1.